The average molecular weight is 239 g/mol. The Balaban J connectivity index is 2.78. The molecular formula is C13H21NO3. The SMILES string of the molecule is C=CCN(CC)C(=O)C1CC(C)CC1C(=O)O. The lowest BCUT2D eigenvalue weighted by Gasteiger charge is -2.24. The molecule has 1 saturated carbocycles. The molecule has 17 heavy (non-hydrogen) atoms. The Hall–Kier alpha value is -1.32. The van der Waals surface area contributed by atoms with Gasteiger partial charge in [0.25, 0.3) is 0 Å². The monoisotopic (exact) mass is 239 g/mol. The highest BCUT2D eigenvalue weighted by molar-refractivity contribution is 5.85. The van der Waals surface area contributed by atoms with Crippen LogP contribution in [-0.2, 0) is 9.59 Å². The molecular weight excluding hydrogens is 218 g/mol. The second-order valence-electron chi connectivity index (χ2n) is 4.79. The van der Waals surface area contributed by atoms with E-state index >= 15 is 0 Å². The van der Waals surface area contributed by atoms with Gasteiger partial charge in [0.2, 0.25) is 5.91 Å². The van der Waals surface area contributed by atoms with Crippen LogP contribution in [0.1, 0.15) is 26.7 Å². The summed E-state index contributed by atoms with van der Waals surface area (Å²) in [5.74, 6) is -1.45. The fourth-order valence-corrected chi connectivity index (χ4v) is 2.60. The van der Waals surface area contributed by atoms with E-state index < -0.39 is 11.9 Å². The highest BCUT2D eigenvalue weighted by Crippen LogP contribution is 2.37. The lowest BCUT2D eigenvalue weighted by Crippen LogP contribution is -2.39. The van der Waals surface area contributed by atoms with Gasteiger partial charge >= 0.3 is 5.97 Å². The summed E-state index contributed by atoms with van der Waals surface area (Å²) in [6, 6.07) is 0. The zero-order valence-corrected chi connectivity index (χ0v) is 10.6. The van der Waals surface area contributed by atoms with Gasteiger partial charge in [-0.3, -0.25) is 9.59 Å². The van der Waals surface area contributed by atoms with Crippen LogP contribution < -0.4 is 0 Å². The maximum absolute atomic E-state index is 12.2. The van der Waals surface area contributed by atoms with Crippen LogP contribution >= 0.6 is 0 Å². The number of hydrogen-bond donors (Lipinski definition) is 1. The van der Waals surface area contributed by atoms with E-state index in [2.05, 4.69) is 6.58 Å². The smallest absolute Gasteiger partial charge is 0.307 e. The van der Waals surface area contributed by atoms with Gasteiger partial charge in [-0.05, 0) is 25.7 Å². The van der Waals surface area contributed by atoms with Crippen molar-refractivity contribution in [3.8, 4) is 0 Å². The van der Waals surface area contributed by atoms with Gasteiger partial charge in [-0.15, -0.1) is 6.58 Å². The van der Waals surface area contributed by atoms with Crippen molar-refractivity contribution >= 4 is 11.9 Å². The molecule has 96 valence electrons. The molecule has 0 aromatic carbocycles. The van der Waals surface area contributed by atoms with Gasteiger partial charge in [-0.1, -0.05) is 13.0 Å². The molecule has 4 heteroatoms. The largest absolute Gasteiger partial charge is 0.481 e. The molecule has 1 fully saturated rings. The molecule has 0 spiro atoms. The van der Waals surface area contributed by atoms with E-state index in [1.807, 2.05) is 13.8 Å². The molecule has 0 aromatic heterocycles. The average Bonchev–Trinajstić information content (AvgIpc) is 2.67. The second kappa shape index (κ2) is 5.84. The van der Waals surface area contributed by atoms with Crippen molar-refractivity contribution in [3.63, 3.8) is 0 Å². The first-order valence-electron chi connectivity index (χ1n) is 6.13. The number of carboxylic acids is 1. The summed E-state index contributed by atoms with van der Waals surface area (Å²) in [6.07, 6.45) is 2.97. The first-order chi connectivity index (χ1) is 8.01. The van der Waals surface area contributed by atoms with Crippen LogP contribution in [0.25, 0.3) is 0 Å². The van der Waals surface area contributed by atoms with Crippen molar-refractivity contribution in [2.24, 2.45) is 17.8 Å². The lowest BCUT2D eigenvalue weighted by molar-refractivity contribution is -0.148. The fourth-order valence-electron chi connectivity index (χ4n) is 2.60. The maximum Gasteiger partial charge on any atom is 0.307 e. The minimum atomic E-state index is -0.845. The highest BCUT2D eigenvalue weighted by Gasteiger charge is 2.42. The fraction of sp³-hybridized carbons (Fsp3) is 0.692. The van der Waals surface area contributed by atoms with E-state index in [0.29, 0.717) is 31.8 Å². The van der Waals surface area contributed by atoms with E-state index in [1.165, 1.54) is 0 Å². The van der Waals surface area contributed by atoms with Crippen LogP contribution in [0.15, 0.2) is 12.7 Å². The van der Waals surface area contributed by atoms with E-state index in [4.69, 9.17) is 5.11 Å². The number of aliphatic carboxylic acids is 1. The number of carbonyl (C=O) groups is 2. The third-order valence-electron chi connectivity index (χ3n) is 3.48. The van der Waals surface area contributed by atoms with Crippen molar-refractivity contribution in [2.45, 2.75) is 26.7 Å². The van der Waals surface area contributed by atoms with E-state index in [0.717, 1.165) is 0 Å². The van der Waals surface area contributed by atoms with Crippen LogP contribution in [0.2, 0.25) is 0 Å². The van der Waals surface area contributed by atoms with Crippen molar-refractivity contribution in [2.75, 3.05) is 13.1 Å². The summed E-state index contributed by atoms with van der Waals surface area (Å²) in [5.41, 5.74) is 0. The maximum atomic E-state index is 12.2. The van der Waals surface area contributed by atoms with E-state index in [-0.39, 0.29) is 11.8 Å². The molecule has 1 N–H and O–H groups in total. The van der Waals surface area contributed by atoms with Crippen molar-refractivity contribution in [1.82, 2.24) is 4.90 Å². The molecule has 1 rings (SSSR count). The van der Waals surface area contributed by atoms with Crippen LogP contribution in [0.3, 0.4) is 0 Å². The third kappa shape index (κ3) is 3.08. The Labute approximate surface area is 102 Å². The van der Waals surface area contributed by atoms with Gasteiger partial charge in [0, 0.05) is 13.1 Å². The number of carbonyl (C=O) groups excluding carboxylic acids is 1. The topological polar surface area (TPSA) is 57.6 Å². The van der Waals surface area contributed by atoms with Crippen molar-refractivity contribution in [1.29, 1.82) is 0 Å². The summed E-state index contributed by atoms with van der Waals surface area (Å²) in [5, 5.41) is 9.14. The summed E-state index contributed by atoms with van der Waals surface area (Å²) < 4.78 is 0. The van der Waals surface area contributed by atoms with Crippen LogP contribution in [0.4, 0.5) is 0 Å². The number of hydrogen-bond acceptors (Lipinski definition) is 2. The van der Waals surface area contributed by atoms with Gasteiger partial charge in [0.15, 0.2) is 0 Å². The molecule has 0 bridgehead atoms. The van der Waals surface area contributed by atoms with Crippen LogP contribution in [0.5, 0.6) is 0 Å². The number of carboxylic acid groups (broad SMARTS) is 1. The lowest BCUT2D eigenvalue weighted by atomic mass is 9.94. The third-order valence-corrected chi connectivity index (χ3v) is 3.48. The molecule has 0 saturated heterocycles. The Morgan fingerprint density at radius 3 is 2.47 bits per heavy atom. The molecule has 0 aromatic rings. The molecule has 1 aliphatic carbocycles. The normalized spacial score (nSPS) is 27.8. The first-order valence-corrected chi connectivity index (χ1v) is 6.13. The summed E-state index contributed by atoms with van der Waals surface area (Å²) in [4.78, 5) is 25.1. The van der Waals surface area contributed by atoms with Crippen molar-refractivity contribution in [3.05, 3.63) is 12.7 Å². The first kappa shape index (κ1) is 13.7. The standard InChI is InChI=1S/C13H21NO3/c1-4-6-14(5-2)12(15)10-7-9(3)8-11(10)13(16)17/h4,9-11H,1,5-8H2,2-3H3,(H,16,17). The minimum absolute atomic E-state index is 0.0378. The Bertz CT molecular complexity index is 314. The van der Waals surface area contributed by atoms with Crippen molar-refractivity contribution < 1.29 is 14.7 Å². The summed E-state index contributed by atoms with van der Waals surface area (Å²) in [6.45, 7) is 8.61. The quantitative estimate of drug-likeness (QED) is 0.744. The molecule has 1 aliphatic rings. The molecule has 1 amide bonds. The zero-order chi connectivity index (χ0) is 13.0. The number of nitrogens with zero attached hydrogens (tertiary/aromatic N) is 1. The van der Waals surface area contributed by atoms with Gasteiger partial charge < -0.3 is 10.0 Å². The Morgan fingerprint density at radius 1 is 1.41 bits per heavy atom. The van der Waals surface area contributed by atoms with E-state index in [9.17, 15) is 9.59 Å². The molecule has 0 aliphatic heterocycles. The van der Waals surface area contributed by atoms with Crippen LogP contribution in [-0.4, -0.2) is 35.0 Å². The molecule has 3 atom stereocenters. The summed E-state index contributed by atoms with van der Waals surface area (Å²) >= 11 is 0. The Morgan fingerprint density at radius 2 is 2.00 bits per heavy atom. The highest BCUT2D eigenvalue weighted by atomic mass is 16.4. The number of rotatable bonds is 5. The van der Waals surface area contributed by atoms with Gasteiger partial charge in [0.05, 0.1) is 11.8 Å². The predicted molar refractivity (Wildman–Crippen MR) is 65.5 cm³/mol. The van der Waals surface area contributed by atoms with Gasteiger partial charge in [-0.25, -0.2) is 0 Å². The molecule has 4 nitrogen and oxygen atoms in total. The minimum Gasteiger partial charge on any atom is -0.481 e. The van der Waals surface area contributed by atoms with Gasteiger partial charge in [-0.2, -0.15) is 0 Å². The summed E-state index contributed by atoms with van der Waals surface area (Å²) in [7, 11) is 0. The predicted octanol–water partition coefficient (Wildman–Crippen LogP) is 1.77. The van der Waals surface area contributed by atoms with Gasteiger partial charge in [0.1, 0.15) is 0 Å². The number of amides is 1. The number of likely N-dealkylation sites (N-methyl/N-ethyl adjacent to an activating group) is 1. The van der Waals surface area contributed by atoms with Crippen LogP contribution in [0, 0.1) is 17.8 Å². The molecule has 0 radical (unpaired) electrons. The second-order valence-corrected chi connectivity index (χ2v) is 4.79. The molecule has 0 heterocycles. The zero-order valence-electron chi connectivity index (χ0n) is 10.6. The molecule has 3 unspecified atom stereocenters. The Kier molecular flexibility index (Phi) is 4.73. The van der Waals surface area contributed by atoms with E-state index in [1.54, 1.807) is 11.0 Å².